The van der Waals surface area contributed by atoms with Crippen LogP contribution in [0.15, 0.2) is 0 Å². The van der Waals surface area contributed by atoms with Gasteiger partial charge in [0.2, 0.25) is 0 Å². The van der Waals surface area contributed by atoms with Gasteiger partial charge in [0, 0.05) is 13.1 Å². The summed E-state index contributed by atoms with van der Waals surface area (Å²) in [6.45, 7) is 5.30. The van der Waals surface area contributed by atoms with E-state index in [1.807, 2.05) is 0 Å². The van der Waals surface area contributed by atoms with Crippen molar-refractivity contribution >= 4 is 0 Å². The monoisotopic (exact) mass is 115 g/mol. The van der Waals surface area contributed by atoms with E-state index in [-0.39, 0.29) is 6.29 Å². The van der Waals surface area contributed by atoms with Crippen molar-refractivity contribution in [1.29, 1.82) is 0 Å². The number of likely N-dealkylation sites (N-methyl/N-ethyl adjacent to an activating group) is 1. The predicted molar refractivity (Wildman–Crippen MR) is 33.2 cm³/mol. The molecule has 1 heterocycles. The zero-order chi connectivity index (χ0) is 5.98. The number of hydrogen-bond donors (Lipinski definition) is 2. The first-order valence-electron chi connectivity index (χ1n) is 3.07. The van der Waals surface area contributed by atoms with Crippen molar-refractivity contribution < 1.29 is 0 Å². The van der Waals surface area contributed by atoms with Crippen molar-refractivity contribution in [2.45, 2.75) is 13.2 Å². The Hall–Kier alpha value is -0.120. The van der Waals surface area contributed by atoms with Crippen molar-refractivity contribution in [1.82, 2.24) is 10.2 Å². The smallest absolute Gasteiger partial charge is 0.112 e. The van der Waals surface area contributed by atoms with E-state index in [1.165, 1.54) is 0 Å². The summed E-state index contributed by atoms with van der Waals surface area (Å²) in [5.74, 6) is 0. The minimum absolute atomic E-state index is 0.111. The van der Waals surface area contributed by atoms with Crippen LogP contribution in [0.25, 0.3) is 0 Å². The van der Waals surface area contributed by atoms with Crippen LogP contribution in [0, 0.1) is 0 Å². The van der Waals surface area contributed by atoms with Gasteiger partial charge < -0.3 is 5.73 Å². The van der Waals surface area contributed by atoms with Crippen LogP contribution in [0.2, 0.25) is 0 Å². The molecule has 1 rings (SSSR count). The molecular weight excluding hydrogens is 102 g/mol. The summed E-state index contributed by atoms with van der Waals surface area (Å²) in [7, 11) is 0. The standard InChI is InChI=1S/C5H13N3/c1-2-8-4-3-7-5(8)6/h5,7H,2-4,6H2,1H3. The highest BCUT2D eigenvalue weighted by molar-refractivity contribution is 4.70. The Balaban J connectivity index is 2.30. The van der Waals surface area contributed by atoms with Crippen LogP contribution in [0.1, 0.15) is 6.92 Å². The number of rotatable bonds is 1. The second-order valence-electron chi connectivity index (χ2n) is 2.03. The summed E-state index contributed by atoms with van der Waals surface area (Å²) >= 11 is 0. The molecule has 0 saturated carbocycles. The third-order valence-electron chi connectivity index (χ3n) is 1.55. The fourth-order valence-corrected chi connectivity index (χ4v) is 0.979. The average molecular weight is 115 g/mol. The Labute approximate surface area is 49.8 Å². The molecule has 1 aliphatic heterocycles. The molecule has 48 valence electrons. The lowest BCUT2D eigenvalue weighted by atomic mass is 10.6. The number of nitrogens with one attached hydrogen (secondary N) is 1. The van der Waals surface area contributed by atoms with Gasteiger partial charge in [-0.2, -0.15) is 0 Å². The third-order valence-corrected chi connectivity index (χ3v) is 1.55. The van der Waals surface area contributed by atoms with E-state index in [9.17, 15) is 0 Å². The number of nitrogens with zero attached hydrogens (tertiary/aromatic N) is 1. The zero-order valence-electron chi connectivity index (χ0n) is 5.22. The maximum atomic E-state index is 5.60. The topological polar surface area (TPSA) is 41.3 Å². The normalized spacial score (nSPS) is 31.5. The Bertz CT molecular complexity index is 74.1. The molecule has 1 fully saturated rings. The largest absolute Gasteiger partial charge is 0.303 e. The molecule has 1 atom stereocenters. The molecule has 1 aliphatic rings. The van der Waals surface area contributed by atoms with E-state index >= 15 is 0 Å². The highest BCUT2D eigenvalue weighted by Crippen LogP contribution is 1.94. The predicted octanol–water partition coefficient (Wildman–Crippen LogP) is -0.846. The van der Waals surface area contributed by atoms with Gasteiger partial charge in [-0.3, -0.25) is 10.2 Å². The molecule has 0 radical (unpaired) electrons. The molecule has 0 aromatic rings. The third kappa shape index (κ3) is 0.992. The second kappa shape index (κ2) is 2.44. The molecule has 0 bridgehead atoms. The van der Waals surface area contributed by atoms with Crippen LogP contribution in [0.5, 0.6) is 0 Å². The molecule has 3 nitrogen and oxygen atoms in total. The maximum Gasteiger partial charge on any atom is 0.112 e. The minimum atomic E-state index is 0.111. The van der Waals surface area contributed by atoms with Crippen molar-refractivity contribution in [2.24, 2.45) is 5.73 Å². The first-order valence-corrected chi connectivity index (χ1v) is 3.07. The first kappa shape index (κ1) is 6.01. The van der Waals surface area contributed by atoms with Crippen LogP contribution in [-0.4, -0.2) is 30.8 Å². The van der Waals surface area contributed by atoms with Gasteiger partial charge in [-0.25, -0.2) is 0 Å². The van der Waals surface area contributed by atoms with Crippen LogP contribution in [0.3, 0.4) is 0 Å². The van der Waals surface area contributed by atoms with Gasteiger partial charge in [-0.05, 0) is 6.54 Å². The van der Waals surface area contributed by atoms with Crippen molar-refractivity contribution in [3.63, 3.8) is 0 Å². The summed E-state index contributed by atoms with van der Waals surface area (Å²) in [4.78, 5) is 2.19. The maximum absolute atomic E-state index is 5.60. The number of hydrogen-bond acceptors (Lipinski definition) is 3. The molecule has 3 N–H and O–H groups in total. The van der Waals surface area contributed by atoms with E-state index in [0.29, 0.717) is 0 Å². The lowest BCUT2D eigenvalue weighted by molar-refractivity contribution is 0.260. The van der Waals surface area contributed by atoms with Gasteiger partial charge in [0.05, 0.1) is 0 Å². The highest BCUT2D eigenvalue weighted by Gasteiger charge is 2.16. The van der Waals surface area contributed by atoms with Gasteiger partial charge in [0.15, 0.2) is 0 Å². The SMILES string of the molecule is CCN1CCNC1N. The number of nitrogens with two attached hydrogens (primary N) is 1. The fraction of sp³-hybridized carbons (Fsp3) is 1.00. The van der Waals surface area contributed by atoms with E-state index < -0.39 is 0 Å². The lowest BCUT2D eigenvalue weighted by Gasteiger charge is -2.16. The summed E-state index contributed by atoms with van der Waals surface area (Å²) in [5, 5.41) is 3.12. The molecular formula is C5H13N3. The molecule has 1 unspecified atom stereocenters. The van der Waals surface area contributed by atoms with Gasteiger partial charge in [0.25, 0.3) is 0 Å². The molecule has 8 heavy (non-hydrogen) atoms. The van der Waals surface area contributed by atoms with Gasteiger partial charge >= 0.3 is 0 Å². The van der Waals surface area contributed by atoms with Crippen molar-refractivity contribution in [3.8, 4) is 0 Å². The molecule has 0 aromatic carbocycles. The average Bonchev–Trinajstić information content (AvgIpc) is 2.14. The summed E-state index contributed by atoms with van der Waals surface area (Å²) in [6.07, 6.45) is 0.111. The summed E-state index contributed by atoms with van der Waals surface area (Å²) in [5.41, 5.74) is 5.60. The highest BCUT2D eigenvalue weighted by atomic mass is 15.4. The summed E-state index contributed by atoms with van der Waals surface area (Å²) < 4.78 is 0. The second-order valence-corrected chi connectivity index (χ2v) is 2.03. The Morgan fingerprint density at radius 1 is 1.88 bits per heavy atom. The molecule has 0 aromatic heterocycles. The zero-order valence-corrected chi connectivity index (χ0v) is 5.22. The van der Waals surface area contributed by atoms with Gasteiger partial charge in [-0.15, -0.1) is 0 Å². The first-order chi connectivity index (χ1) is 3.84. The fourth-order valence-electron chi connectivity index (χ4n) is 0.979. The molecule has 0 spiro atoms. The van der Waals surface area contributed by atoms with Crippen LogP contribution in [-0.2, 0) is 0 Å². The van der Waals surface area contributed by atoms with Crippen LogP contribution in [0.4, 0.5) is 0 Å². The summed E-state index contributed by atoms with van der Waals surface area (Å²) in [6, 6.07) is 0. The Morgan fingerprint density at radius 2 is 2.62 bits per heavy atom. The van der Waals surface area contributed by atoms with Crippen LogP contribution >= 0.6 is 0 Å². The van der Waals surface area contributed by atoms with Gasteiger partial charge in [0.1, 0.15) is 6.29 Å². The molecule has 1 saturated heterocycles. The van der Waals surface area contributed by atoms with E-state index in [0.717, 1.165) is 19.6 Å². The van der Waals surface area contributed by atoms with E-state index in [1.54, 1.807) is 0 Å². The molecule has 0 amide bonds. The van der Waals surface area contributed by atoms with Crippen molar-refractivity contribution in [3.05, 3.63) is 0 Å². The minimum Gasteiger partial charge on any atom is -0.303 e. The van der Waals surface area contributed by atoms with Gasteiger partial charge in [-0.1, -0.05) is 6.92 Å². The molecule has 3 heteroatoms. The van der Waals surface area contributed by atoms with E-state index in [2.05, 4.69) is 17.1 Å². The quantitative estimate of drug-likeness (QED) is 0.468. The van der Waals surface area contributed by atoms with Crippen LogP contribution < -0.4 is 11.1 Å². The Kier molecular flexibility index (Phi) is 1.83. The molecule has 0 aliphatic carbocycles. The van der Waals surface area contributed by atoms with Crippen molar-refractivity contribution in [2.75, 3.05) is 19.6 Å². The lowest BCUT2D eigenvalue weighted by Crippen LogP contribution is -2.43. The Morgan fingerprint density at radius 3 is 2.88 bits per heavy atom. The van der Waals surface area contributed by atoms with E-state index in [4.69, 9.17) is 5.73 Å².